The molecule has 0 atom stereocenters. The maximum atomic E-state index is 12.2. The monoisotopic (exact) mass is 424 g/mol. The number of amides is 2. The van der Waals surface area contributed by atoms with Gasteiger partial charge in [0.15, 0.2) is 11.5 Å². The Morgan fingerprint density at radius 1 is 1.00 bits per heavy atom. The minimum absolute atomic E-state index is 0.161. The van der Waals surface area contributed by atoms with E-state index in [1.54, 1.807) is 42.5 Å². The molecule has 1 aromatic heterocycles. The third kappa shape index (κ3) is 4.74. The Hall–Kier alpha value is -4.08. The molecule has 0 aliphatic carbocycles. The first-order chi connectivity index (χ1) is 15.1. The molecule has 10 heteroatoms. The van der Waals surface area contributed by atoms with Crippen LogP contribution in [-0.4, -0.2) is 48.4 Å². The molecule has 1 aliphatic rings. The van der Waals surface area contributed by atoms with Crippen molar-refractivity contribution in [2.45, 2.75) is 6.92 Å². The zero-order valence-electron chi connectivity index (χ0n) is 16.7. The number of nitrogens with zero attached hydrogens (tertiary/aromatic N) is 2. The molecule has 0 fully saturated rings. The first-order valence-electron chi connectivity index (χ1n) is 9.67. The molecule has 4 rings (SSSR count). The van der Waals surface area contributed by atoms with E-state index in [2.05, 4.69) is 20.8 Å². The van der Waals surface area contributed by atoms with Gasteiger partial charge in [-0.25, -0.2) is 0 Å². The Bertz CT molecular complexity index is 1080. The van der Waals surface area contributed by atoms with Crippen LogP contribution in [0.25, 0.3) is 11.4 Å². The quantitative estimate of drug-likeness (QED) is 0.526. The number of hydrogen-bond acceptors (Lipinski definition) is 8. The van der Waals surface area contributed by atoms with Gasteiger partial charge in [0, 0.05) is 24.2 Å². The number of benzene rings is 2. The molecule has 0 spiro atoms. The fourth-order valence-corrected chi connectivity index (χ4v) is 2.87. The molecule has 0 radical (unpaired) electrons. The highest BCUT2D eigenvalue weighted by Crippen LogP contribution is 2.35. The minimum Gasteiger partial charge on any atom is -0.494 e. The molecule has 1 aliphatic heterocycles. The summed E-state index contributed by atoms with van der Waals surface area (Å²) >= 11 is 0. The minimum atomic E-state index is -0.533. The molecule has 0 saturated carbocycles. The number of rotatable bonds is 8. The van der Waals surface area contributed by atoms with E-state index in [1.807, 2.05) is 6.92 Å². The number of hydrogen-bond donors (Lipinski definition) is 2. The van der Waals surface area contributed by atoms with E-state index in [0.29, 0.717) is 35.0 Å². The second-order valence-corrected chi connectivity index (χ2v) is 6.46. The van der Waals surface area contributed by atoms with E-state index in [9.17, 15) is 9.59 Å². The van der Waals surface area contributed by atoms with Crippen LogP contribution in [0.4, 0.5) is 0 Å². The summed E-state index contributed by atoms with van der Waals surface area (Å²) in [6, 6.07) is 12.0. The van der Waals surface area contributed by atoms with E-state index in [1.165, 1.54) is 0 Å². The molecule has 2 amide bonds. The third-order valence-electron chi connectivity index (χ3n) is 4.37. The van der Waals surface area contributed by atoms with Crippen molar-refractivity contribution in [1.29, 1.82) is 0 Å². The number of carbonyl (C=O) groups excluding carboxylic acids is 2. The van der Waals surface area contributed by atoms with Gasteiger partial charge in [0.2, 0.25) is 12.6 Å². The molecular weight excluding hydrogens is 404 g/mol. The fraction of sp³-hybridized carbons (Fsp3) is 0.238. The highest BCUT2D eigenvalue weighted by molar-refractivity contribution is 5.94. The van der Waals surface area contributed by atoms with Crippen molar-refractivity contribution in [3.8, 4) is 28.6 Å². The Morgan fingerprint density at radius 2 is 1.74 bits per heavy atom. The summed E-state index contributed by atoms with van der Waals surface area (Å²) in [7, 11) is 0. The molecule has 160 valence electrons. The Balaban J connectivity index is 1.25. The molecule has 0 bridgehead atoms. The van der Waals surface area contributed by atoms with Crippen LogP contribution in [0.5, 0.6) is 17.2 Å². The molecule has 2 N–H and O–H groups in total. The van der Waals surface area contributed by atoms with E-state index in [0.717, 1.165) is 0 Å². The molecule has 0 unspecified atom stereocenters. The van der Waals surface area contributed by atoms with Crippen LogP contribution in [-0.2, 0) is 0 Å². The first kappa shape index (κ1) is 20.2. The molecule has 3 aromatic rings. The van der Waals surface area contributed by atoms with Crippen molar-refractivity contribution in [3.63, 3.8) is 0 Å². The standard InChI is InChI=1S/C21H20N4O6/c1-2-28-15-6-3-13(4-7-15)19(26)22-9-10-23-20(27)21-24-18(25-31-21)14-5-8-16-17(11-14)30-12-29-16/h3-8,11H,2,9-10,12H2,1H3,(H,22,26)(H,23,27). The number of carbonyl (C=O) groups is 2. The Kier molecular flexibility index (Phi) is 5.97. The Morgan fingerprint density at radius 3 is 2.52 bits per heavy atom. The van der Waals surface area contributed by atoms with Crippen molar-refractivity contribution in [1.82, 2.24) is 20.8 Å². The van der Waals surface area contributed by atoms with Gasteiger partial charge < -0.3 is 29.4 Å². The van der Waals surface area contributed by atoms with Gasteiger partial charge in [-0.15, -0.1) is 0 Å². The maximum Gasteiger partial charge on any atom is 0.316 e. The molecule has 2 heterocycles. The van der Waals surface area contributed by atoms with E-state index in [-0.39, 0.29) is 37.5 Å². The molecule has 31 heavy (non-hydrogen) atoms. The summed E-state index contributed by atoms with van der Waals surface area (Å²) in [6.07, 6.45) is 0. The summed E-state index contributed by atoms with van der Waals surface area (Å²) in [6.45, 7) is 3.04. The first-order valence-corrected chi connectivity index (χ1v) is 9.67. The van der Waals surface area contributed by atoms with Gasteiger partial charge in [0.1, 0.15) is 5.75 Å². The smallest absolute Gasteiger partial charge is 0.316 e. The normalized spacial score (nSPS) is 11.8. The lowest BCUT2D eigenvalue weighted by molar-refractivity contribution is 0.0898. The fourth-order valence-electron chi connectivity index (χ4n) is 2.87. The largest absolute Gasteiger partial charge is 0.494 e. The summed E-state index contributed by atoms with van der Waals surface area (Å²) in [4.78, 5) is 28.5. The predicted octanol–water partition coefficient (Wildman–Crippen LogP) is 2.02. The average molecular weight is 424 g/mol. The van der Waals surface area contributed by atoms with Crippen LogP contribution in [0.1, 0.15) is 28.0 Å². The second kappa shape index (κ2) is 9.16. The molecule has 0 saturated heterocycles. The van der Waals surface area contributed by atoms with Crippen molar-refractivity contribution >= 4 is 11.8 Å². The highest BCUT2D eigenvalue weighted by Gasteiger charge is 2.19. The summed E-state index contributed by atoms with van der Waals surface area (Å²) in [5.74, 6) is 1.22. The topological polar surface area (TPSA) is 125 Å². The summed E-state index contributed by atoms with van der Waals surface area (Å²) in [5, 5.41) is 9.17. The van der Waals surface area contributed by atoms with Gasteiger partial charge in [0.25, 0.3) is 5.91 Å². The van der Waals surface area contributed by atoms with Crippen LogP contribution >= 0.6 is 0 Å². The lowest BCUT2D eigenvalue weighted by Gasteiger charge is -2.07. The lowest BCUT2D eigenvalue weighted by Crippen LogP contribution is -2.34. The maximum absolute atomic E-state index is 12.2. The number of fused-ring (bicyclic) bond motifs is 1. The van der Waals surface area contributed by atoms with Crippen LogP contribution in [0, 0.1) is 0 Å². The lowest BCUT2D eigenvalue weighted by atomic mass is 10.2. The van der Waals surface area contributed by atoms with Crippen molar-refractivity contribution in [2.24, 2.45) is 0 Å². The number of nitrogens with one attached hydrogen (secondary N) is 2. The Labute approximate surface area is 177 Å². The highest BCUT2D eigenvalue weighted by atomic mass is 16.7. The molecular formula is C21H20N4O6. The van der Waals surface area contributed by atoms with Crippen molar-refractivity contribution in [2.75, 3.05) is 26.5 Å². The van der Waals surface area contributed by atoms with Gasteiger partial charge in [-0.1, -0.05) is 5.16 Å². The SMILES string of the molecule is CCOc1ccc(C(=O)NCCNC(=O)c2nc(-c3ccc4c(c3)OCO4)no2)cc1. The number of aromatic nitrogens is 2. The van der Waals surface area contributed by atoms with Gasteiger partial charge in [-0.2, -0.15) is 4.98 Å². The molecule has 2 aromatic carbocycles. The zero-order valence-corrected chi connectivity index (χ0v) is 16.7. The van der Waals surface area contributed by atoms with Gasteiger partial charge in [0.05, 0.1) is 6.61 Å². The molecule has 10 nitrogen and oxygen atoms in total. The van der Waals surface area contributed by atoms with E-state index >= 15 is 0 Å². The van der Waals surface area contributed by atoms with Crippen LogP contribution in [0.2, 0.25) is 0 Å². The van der Waals surface area contributed by atoms with Crippen molar-refractivity contribution in [3.05, 3.63) is 53.9 Å². The van der Waals surface area contributed by atoms with Gasteiger partial charge in [-0.05, 0) is 49.4 Å². The zero-order chi connectivity index (χ0) is 21.6. The average Bonchev–Trinajstić information content (AvgIpc) is 3.46. The summed E-state index contributed by atoms with van der Waals surface area (Å²) < 4.78 is 21.0. The van der Waals surface area contributed by atoms with Crippen LogP contribution in [0.3, 0.4) is 0 Å². The van der Waals surface area contributed by atoms with Gasteiger partial charge >= 0.3 is 11.8 Å². The summed E-state index contributed by atoms with van der Waals surface area (Å²) in [5.41, 5.74) is 1.13. The van der Waals surface area contributed by atoms with E-state index in [4.69, 9.17) is 18.7 Å². The second-order valence-electron chi connectivity index (χ2n) is 6.46. The third-order valence-corrected chi connectivity index (χ3v) is 4.37. The van der Waals surface area contributed by atoms with Crippen LogP contribution in [0.15, 0.2) is 47.0 Å². The van der Waals surface area contributed by atoms with Gasteiger partial charge in [-0.3, -0.25) is 9.59 Å². The number of ether oxygens (including phenoxy) is 3. The van der Waals surface area contributed by atoms with Crippen LogP contribution < -0.4 is 24.8 Å². The predicted molar refractivity (Wildman–Crippen MR) is 108 cm³/mol. The van der Waals surface area contributed by atoms with E-state index < -0.39 is 5.91 Å². The van der Waals surface area contributed by atoms with Crippen molar-refractivity contribution < 1.29 is 28.3 Å².